The van der Waals surface area contributed by atoms with Gasteiger partial charge in [0.15, 0.2) is 9.84 Å². The quantitative estimate of drug-likeness (QED) is 0.700. The SMILES string of the molecule is O=S(=O)(CN1C=CSN1)CN1C=CSN1. The molecule has 2 heterocycles. The number of sulfone groups is 1. The lowest BCUT2D eigenvalue weighted by atomic mass is 10.9. The average molecular weight is 266 g/mol. The van der Waals surface area contributed by atoms with Gasteiger partial charge in [-0.25, -0.2) is 8.42 Å². The Morgan fingerprint density at radius 1 is 1.00 bits per heavy atom. The maximum Gasteiger partial charge on any atom is 0.189 e. The molecule has 0 aliphatic carbocycles. The first-order chi connectivity index (χ1) is 7.16. The Morgan fingerprint density at radius 2 is 1.47 bits per heavy atom. The van der Waals surface area contributed by atoms with Crippen LogP contribution in [0.25, 0.3) is 0 Å². The van der Waals surface area contributed by atoms with Crippen LogP contribution in [0.15, 0.2) is 23.2 Å². The molecule has 0 amide bonds. The number of nitrogens with one attached hydrogen (secondary N) is 2. The fraction of sp³-hybridized carbons (Fsp3) is 0.333. The van der Waals surface area contributed by atoms with Crippen LogP contribution in [0.3, 0.4) is 0 Å². The maximum absolute atomic E-state index is 11.7. The van der Waals surface area contributed by atoms with Crippen LogP contribution < -0.4 is 9.66 Å². The van der Waals surface area contributed by atoms with Crippen molar-refractivity contribution in [3.8, 4) is 0 Å². The molecule has 0 saturated carbocycles. The first kappa shape index (κ1) is 11.1. The molecule has 0 fully saturated rings. The van der Waals surface area contributed by atoms with Gasteiger partial charge in [-0.1, -0.05) is 0 Å². The highest BCUT2D eigenvalue weighted by atomic mass is 32.2. The van der Waals surface area contributed by atoms with Gasteiger partial charge in [0.05, 0.1) is 0 Å². The largest absolute Gasteiger partial charge is 0.290 e. The highest BCUT2D eigenvalue weighted by Gasteiger charge is 2.20. The van der Waals surface area contributed by atoms with Gasteiger partial charge in [0, 0.05) is 23.2 Å². The fourth-order valence-corrected chi connectivity index (χ4v) is 3.52. The van der Waals surface area contributed by atoms with E-state index in [2.05, 4.69) is 9.66 Å². The zero-order valence-electron chi connectivity index (χ0n) is 7.66. The molecular weight excluding hydrogens is 256 g/mol. The van der Waals surface area contributed by atoms with Crippen molar-refractivity contribution in [1.82, 2.24) is 19.7 Å². The second-order valence-electron chi connectivity index (χ2n) is 2.93. The van der Waals surface area contributed by atoms with E-state index in [1.165, 1.54) is 33.9 Å². The van der Waals surface area contributed by atoms with Crippen LogP contribution in [0.4, 0.5) is 0 Å². The zero-order chi connectivity index (χ0) is 10.7. The Hall–Kier alpha value is -0.350. The molecule has 0 radical (unpaired) electrons. The molecule has 0 bridgehead atoms. The summed E-state index contributed by atoms with van der Waals surface area (Å²) in [7, 11) is -3.15. The minimum absolute atomic E-state index is 0.0345. The van der Waals surface area contributed by atoms with Crippen LogP contribution in [0.1, 0.15) is 0 Å². The average Bonchev–Trinajstić information content (AvgIpc) is 2.75. The van der Waals surface area contributed by atoms with Crippen molar-refractivity contribution in [3.63, 3.8) is 0 Å². The number of nitrogens with zero attached hydrogens (tertiary/aromatic N) is 2. The van der Waals surface area contributed by atoms with Crippen LogP contribution in [0, 0.1) is 0 Å². The van der Waals surface area contributed by atoms with Gasteiger partial charge in [0.1, 0.15) is 11.8 Å². The van der Waals surface area contributed by atoms with Crippen LogP contribution in [0.2, 0.25) is 0 Å². The number of hydrogen-bond donors (Lipinski definition) is 2. The molecule has 2 aliphatic heterocycles. The predicted octanol–water partition coefficient (Wildman–Crippen LogP) is 0.195. The van der Waals surface area contributed by atoms with Gasteiger partial charge in [0.25, 0.3) is 0 Å². The molecular formula is C6H10N4O2S3. The van der Waals surface area contributed by atoms with Gasteiger partial charge in [-0.15, -0.1) is 0 Å². The van der Waals surface area contributed by atoms with Gasteiger partial charge in [-0.05, 0) is 23.9 Å². The molecule has 0 aromatic heterocycles. The molecule has 0 saturated heterocycles. The Kier molecular flexibility index (Phi) is 3.46. The van der Waals surface area contributed by atoms with E-state index in [9.17, 15) is 8.42 Å². The van der Waals surface area contributed by atoms with E-state index in [0.717, 1.165) is 0 Å². The summed E-state index contributed by atoms with van der Waals surface area (Å²) in [6.45, 7) is 0. The fourth-order valence-electron chi connectivity index (χ4n) is 1.07. The summed E-state index contributed by atoms with van der Waals surface area (Å²) in [6, 6.07) is 0. The van der Waals surface area contributed by atoms with Crippen molar-refractivity contribution in [2.75, 3.05) is 11.8 Å². The van der Waals surface area contributed by atoms with E-state index in [1.807, 2.05) is 0 Å². The lowest BCUT2D eigenvalue weighted by Crippen LogP contribution is -2.37. The summed E-state index contributed by atoms with van der Waals surface area (Å²) in [5.41, 5.74) is 0. The summed E-state index contributed by atoms with van der Waals surface area (Å²) in [6.07, 6.45) is 3.40. The third-order valence-corrected chi connectivity index (χ3v) is 4.17. The summed E-state index contributed by atoms with van der Waals surface area (Å²) in [5, 5.41) is 6.65. The topological polar surface area (TPSA) is 64.7 Å². The molecule has 2 aliphatic rings. The zero-order valence-corrected chi connectivity index (χ0v) is 10.1. The molecule has 84 valence electrons. The highest BCUT2D eigenvalue weighted by Crippen LogP contribution is 2.12. The van der Waals surface area contributed by atoms with Crippen molar-refractivity contribution in [2.45, 2.75) is 0 Å². The molecule has 9 heteroatoms. The molecule has 2 rings (SSSR count). The Bertz CT molecular complexity index is 350. The van der Waals surface area contributed by atoms with E-state index in [0.29, 0.717) is 0 Å². The molecule has 0 aromatic carbocycles. The van der Waals surface area contributed by atoms with E-state index in [4.69, 9.17) is 0 Å². The molecule has 15 heavy (non-hydrogen) atoms. The van der Waals surface area contributed by atoms with Crippen LogP contribution in [0.5, 0.6) is 0 Å². The third-order valence-electron chi connectivity index (χ3n) is 1.63. The minimum Gasteiger partial charge on any atom is -0.290 e. The normalized spacial score (nSPS) is 20.5. The van der Waals surface area contributed by atoms with Gasteiger partial charge >= 0.3 is 0 Å². The highest BCUT2D eigenvalue weighted by molar-refractivity contribution is 8.00. The first-order valence-electron chi connectivity index (χ1n) is 4.05. The summed E-state index contributed by atoms with van der Waals surface area (Å²) >= 11 is 2.70. The van der Waals surface area contributed by atoms with E-state index in [1.54, 1.807) is 23.2 Å². The molecule has 6 nitrogen and oxygen atoms in total. The molecule has 0 atom stereocenters. The van der Waals surface area contributed by atoms with Crippen LogP contribution >= 0.6 is 23.9 Å². The number of hydrogen-bond acceptors (Lipinski definition) is 8. The Labute approximate surface area is 96.9 Å². The minimum atomic E-state index is -3.15. The second-order valence-corrected chi connectivity index (χ2v) is 6.31. The van der Waals surface area contributed by atoms with E-state index < -0.39 is 9.84 Å². The van der Waals surface area contributed by atoms with Gasteiger partial charge in [-0.2, -0.15) is 9.66 Å². The lowest BCUT2D eigenvalue weighted by molar-refractivity contribution is 0.386. The van der Waals surface area contributed by atoms with E-state index >= 15 is 0 Å². The molecule has 0 spiro atoms. The van der Waals surface area contributed by atoms with Gasteiger partial charge in [0.2, 0.25) is 0 Å². The number of hydrazine groups is 2. The van der Waals surface area contributed by atoms with Crippen molar-refractivity contribution < 1.29 is 8.42 Å². The van der Waals surface area contributed by atoms with Crippen LogP contribution in [-0.2, 0) is 9.84 Å². The van der Waals surface area contributed by atoms with Crippen molar-refractivity contribution in [2.24, 2.45) is 0 Å². The maximum atomic E-state index is 11.7. The predicted molar refractivity (Wildman–Crippen MR) is 62.1 cm³/mol. The van der Waals surface area contributed by atoms with Crippen molar-refractivity contribution in [1.29, 1.82) is 0 Å². The summed E-state index contributed by atoms with van der Waals surface area (Å²) in [4.78, 5) is 5.67. The summed E-state index contributed by atoms with van der Waals surface area (Å²) in [5.74, 6) is -0.0691. The Morgan fingerprint density at radius 3 is 1.80 bits per heavy atom. The second kappa shape index (κ2) is 4.66. The Balaban J connectivity index is 1.88. The monoisotopic (exact) mass is 266 g/mol. The summed E-state index contributed by atoms with van der Waals surface area (Å²) < 4.78 is 23.4. The van der Waals surface area contributed by atoms with Crippen LogP contribution in [-0.4, -0.2) is 30.2 Å². The molecule has 0 unspecified atom stereocenters. The first-order valence-corrected chi connectivity index (χ1v) is 7.63. The van der Waals surface area contributed by atoms with E-state index in [-0.39, 0.29) is 11.8 Å². The smallest absolute Gasteiger partial charge is 0.189 e. The third kappa shape index (κ3) is 3.31. The van der Waals surface area contributed by atoms with Gasteiger partial charge < -0.3 is 0 Å². The molecule has 2 N–H and O–H groups in total. The van der Waals surface area contributed by atoms with Crippen molar-refractivity contribution in [3.05, 3.63) is 23.2 Å². The molecule has 0 aromatic rings. The number of rotatable bonds is 4. The lowest BCUT2D eigenvalue weighted by Gasteiger charge is -2.18. The van der Waals surface area contributed by atoms with Gasteiger partial charge in [-0.3, -0.25) is 10.0 Å². The standard InChI is InChI=1S/C6H10N4O2S3/c11-15(12,5-9-1-3-13-7-9)6-10-2-4-14-8-10/h1-4,7-8H,5-6H2. The van der Waals surface area contributed by atoms with Crippen molar-refractivity contribution >= 4 is 33.7 Å².